The molecule has 1 atom stereocenters. The number of hydrogen-bond acceptors (Lipinski definition) is 2. The molecule has 0 aliphatic carbocycles. The van der Waals surface area contributed by atoms with Crippen LogP contribution >= 0.6 is 11.6 Å². The van der Waals surface area contributed by atoms with Crippen molar-refractivity contribution >= 4 is 17.8 Å². The molecule has 0 heterocycles. The molecule has 0 aromatic rings. The first-order valence-electron chi connectivity index (χ1n) is 1.59. The van der Waals surface area contributed by atoms with Gasteiger partial charge in [-0.25, -0.2) is 0 Å². The van der Waals surface area contributed by atoms with Crippen molar-refractivity contribution in [3.05, 3.63) is 0 Å². The molecule has 0 saturated heterocycles. The van der Waals surface area contributed by atoms with Crippen LogP contribution in [0.3, 0.4) is 0 Å². The van der Waals surface area contributed by atoms with Gasteiger partial charge < -0.3 is 5.21 Å². The normalized spacial score (nSPS) is 15.7. The van der Waals surface area contributed by atoms with E-state index in [0.717, 1.165) is 0 Å². The lowest BCUT2D eigenvalue weighted by Crippen LogP contribution is -1.88. The summed E-state index contributed by atoms with van der Waals surface area (Å²) in [5, 5.41) is 10.2. The van der Waals surface area contributed by atoms with Gasteiger partial charge in [-0.05, 0) is 6.92 Å². The Balaban J connectivity index is 3.03. The van der Waals surface area contributed by atoms with Crippen LogP contribution in [0, 0.1) is 0 Å². The zero-order valence-electron chi connectivity index (χ0n) is 3.43. The Bertz CT molecular complexity index is 52.8. The second kappa shape index (κ2) is 2.97. The maximum atomic E-state index is 7.72. The number of alkyl halides is 1. The van der Waals surface area contributed by atoms with Gasteiger partial charge in [-0.1, -0.05) is 0 Å². The monoisotopic (exact) mass is 107 g/mol. The minimum Gasteiger partial charge on any atom is -0.411 e. The zero-order chi connectivity index (χ0) is 4.99. The van der Waals surface area contributed by atoms with Gasteiger partial charge >= 0.3 is 0 Å². The second-order valence-electron chi connectivity index (χ2n) is 0.942. The highest BCUT2D eigenvalue weighted by Gasteiger charge is 1.83. The largest absolute Gasteiger partial charge is 0.411 e. The lowest BCUT2D eigenvalue weighted by atomic mass is 10.5. The predicted molar refractivity (Wildman–Crippen MR) is 25.6 cm³/mol. The van der Waals surface area contributed by atoms with Gasteiger partial charge in [0.2, 0.25) is 0 Å². The van der Waals surface area contributed by atoms with Gasteiger partial charge in [0.05, 0.1) is 11.6 Å². The minimum atomic E-state index is -0.171. The first-order chi connectivity index (χ1) is 2.77. The van der Waals surface area contributed by atoms with Crippen LogP contribution in [0.25, 0.3) is 0 Å². The summed E-state index contributed by atoms with van der Waals surface area (Å²) in [5.74, 6) is 0. The number of halogens is 1. The van der Waals surface area contributed by atoms with Crippen LogP contribution in [0.5, 0.6) is 0 Å². The Morgan fingerprint density at radius 1 is 2.00 bits per heavy atom. The van der Waals surface area contributed by atoms with E-state index in [4.69, 9.17) is 16.8 Å². The first-order valence-corrected chi connectivity index (χ1v) is 2.02. The molecule has 0 aliphatic rings. The van der Waals surface area contributed by atoms with Crippen LogP contribution in [0.1, 0.15) is 6.92 Å². The molecule has 0 aromatic heterocycles. The van der Waals surface area contributed by atoms with E-state index in [0.29, 0.717) is 0 Å². The second-order valence-corrected chi connectivity index (χ2v) is 1.63. The Hall–Kier alpha value is -0.240. The summed E-state index contributed by atoms with van der Waals surface area (Å²) in [4.78, 5) is 0. The topological polar surface area (TPSA) is 32.6 Å². The van der Waals surface area contributed by atoms with Crippen molar-refractivity contribution in [3.8, 4) is 0 Å². The van der Waals surface area contributed by atoms with E-state index in [-0.39, 0.29) is 5.38 Å². The van der Waals surface area contributed by atoms with E-state index < -0.39 is 0 Å². The van der Waals surface area contributed by atoms with E-state index in [1.165, 1.54) is 6.21 Å². The van der Waals surface area contributed by atoms with Crippen molar-refractivity contribution in [1.82, 2.24) is 0 Å². The highest BCUT2D eigenvalue weighted by Crippen LogP contribution is 1.84. The van der Waals surface area contributed by atoms with E-state index in [1.54, 1.807) is 6.92 Å². The Kier molecular flexibility index (Phi) is 2.85. The fraction of sp³-hybridized carbons (Fsp3) is 0.667. The summed E-state index contributed by atoms with van der Waals surface area (Å²) >= 11 is 5.27. The van der Waals surface area contributed by atoms with Gasteiger partial charge in [0.1, 0.15) is 0 Å². The molecular formula is C3H6ClNO. The molecule has 0 radical (unpaired) electrons. The fourth-order valence-corrected chi connectivity index (χ4v) is 0.142. The summed E-state index contributed by atoms with van der Waals surface area (Å²) in [6.07, 6.45) is 1.24. The maximum absolute atomic E-state index is 7.72. The molecular weight excluding hydrogens is 101 g/mol. The first kappa shape index (κ1) is 5.76. The molecule has 0 spiro atoms. The number of nitrogens with zero attached hydrogens (tertiary/aromatic N) is 1. The quantitative estimate of drug-likeness (QED) is 0.231. The molecule has 0 saturated carbocycles. The molecule has 36 valence electrons. The van der Waals surface area contributed by atoms with Crippen LogP contribution in [-0.4, -0.2) is 16.8 Å². The molecule has 1 unspecified atom stereocenters. The molecule has 3 heteroatoms. The van der Waals surface area contributed by atoms with Crippen molar-refractivity contribution in [2.75, 3.05) is 0 Å². The molecule has 6 heavy (non-hydrogen) atoms. The van der Waals surface area contributed by atoms with E-state index in [9.17, 15) is 0 Å². The van der Waals surface area contributed by atoms with Crippen molar-refractivity contribution in [2.24, 2.45) is 5.16 Å². The zero-order valence-corrected chi connectivity index (χ0v) is 4.18. The lowest BCUT2D eigenvalue weighted by molar-refractivity contribution is 0.320. The molecule has 0 amide bonds. The van der Waals surface area contributed by atoms with Crippen molar-refractivity contribution in [3.63, 3.8) is 0 Å². The van der Waals surface area contributed by atoms with Crippen LogP contribution < -0.4 is 0 Å². The fourth-order valence-electron chi connectivity index (χ4n) is 0.0919. The van der Waals surface area contributed by atoms with Gasteiger partial charge in [-0.15, -0.1) is 16.8 Å². The summed E-state index contributed by atoms with van der Waals surface area (Å²) in [6.45, 7) is 1.71. The number of hydrogen-bond donors (Lipinski definition) is 1. The van der Waals surface area contributed by atoms with Gasteiger partial charge in [0.15, 0.2) is 0 Å². The third kappa shape index (κ3) is 3.76. The molecule has 2 nitrogen and oxygen atoms in total. The molecule has 0 rings (SSSR count). The molecule has 0 aromatic carbocycles. The molecule has 1 N–H and O–H groups in total. The Morgan fingerprint density at radius 2 is 2.50 bits per heavy atom. The minimum absolute atomic E-state index is 0.171. The number of rotatable bonds is 1. The highest BCUT2D eigenvalue weighted by atomic mass is 35.5. The smallest absolute Gasteiger partial charge is 0.0693 e. The summed E-state index contributed by atoms with van der Waals surface area (Å²) in [5.41, 5.74) is 0. The van der Waals surface area contributed by atoms with E-state index >= 15 is 0 Å². The average molecular weight is 108 g/mol. The van der Waals surface area contributed by atoms with Crippen LogP contribution in [0.4, 0.5) is 0 Å². The number of oxime groups is 1. The Labute approximate surface area is 41.4 Å². The molecule has 0 fully saturated rings. The standard InChI is InChI=1S/C3H6ClNO/c1-3(4)2-5-6/h2-3,6H,1H3/b5-2+. The van der Waals surface area contributed by atoms with Crippen LogP contribution in [0.15, 0.2) is 5.16 Å². The summed E-state index contributed by atoms with van der Waals surface area (Å²) in [7, 11) is 0. The van der Waals surface area contributed by atoms with Crippen LogP contribution in [0.2, 0.25) is 0 Å². The maximum Gasteiger partial charge on any atom is 0.0693 e. The van der Waals surface area contributed by atoms with Crippen molar-refractivity contribution in [1.29, 1.82) is 0 Å². The van der Waals surface area contributed by atoms with Crippen molar-refractivity contribution in [2.45, 2.75) is 12.3 Å². The highest BCUT2D eigenvalue weighted by molar-refractivity contribution is 6.27. The molecule has 0 bridgehead atoms. The molecule has 0 aliphatic heterocycles. The Morgan fingerprint density at radius 3 is 2.50 bits per heavy atom. The van der Waals surface area contributed by atoms with E-state index in [2.05, 4.69) is 5.16 Å². The lowest BCUT2D eigenvalue weighted by Gasteiger charge is -1.81. The third-order valence-corrected chi connectivity index (χ3v) is 0.385. The van der Waals surface area contributed by atoms with Gasteiger partial charge in [0, 0.05) is 0 Å². The van der Waals surface area contributed by atoms with Crippen molar-refractivity contribution < 1.29 is 5.21 Å². The van der Waals surface area contributed by atoms with Gasteiger partial charge in [-0.3, -0.25) is 0 Å². The SMILES string of the molecule is CC(Cl)/C=N/O. The summed E-state index contributed by atoms with van der Waals surface area (Å²) in [6, 6.07) is 0. The van der Waals surface area contributed by atoms with E-state index in [1.807, 2.05) is 0 Å². The average Bonchev–Trinajstić information content (AvgIpc) is 1.35. The van der Waals surface area contributed by atoms with Gasteiger partial charge in [-0.2, -0.15) is 0 Å². The predicted octanol–water partition coefficient (Wildman–Crippen LogP) is 1.07. The summed E-state index contributed by atoms with van der Waals surface area (Å²) < 4.78 is 0. The third-order valence-electron chi connectivity index (χ3n) is 0.272. The van der Waals surface area contributed by atoms with Gasteiger partial charge in [0.25, 0.3) is 0 Å². The van der Waals surface area contributed by atoms with Crippen LogP contribution in [-0.2, 0) is 0 Å².